The smallest absolute Gasteiger partial charge is 0.408 e. The quantitative estimate of drug-likeness (QED) is 0.621. The first-order valence-electron chi connectivity index (χ1n) is 4.18. The Morgan fingerprint density at radius 1 is 1.54 bits per heavy atom. The van der Waals surface area contributed by atoms with Gasteiger partial charge < -0.3 is 10.8 Å². The van der Waals surface area contributed by atoms with Gasteiger partial charge in [-0.2, -0.15) is 0 Å². The van der Waals surface area contributed by atoms with E-state index in [1.807, 2.05) is 0 Å². The molecule has 0 unspecified atom stereocenters. The molecule has 1 aliphatic rings. The van der Waals surface area contributed by atoms with E-state index in [0.717, 1.165) is 4.90 Å². The van der Waals surface area contributed by atoms with E-state index < -0.39 is 23.6 Å². The maximum atomic E-state index is 10.9. The van der Waals surface area contributed by atoms with E-state index in [0.29, 0.717) is 12.8 Å². The second kappa shape index (κ2) is 2.90. The van der Waals surface area contributed by atoms with Crippen LogP contribution in [0.1, 0.15) is 26.7 Å². The minimum atomic E-state index is -1.08. The Bertz CT molecular complexity index is 250. The molecule has 1 rings (SSSR count). The summed E-state index contributed by atoms with van der Waals surface area (Å²) in [5, 5.41) is 8.89. The highest BCUT2D eigenvalue weighted by Gasteiger charge is 2.45. The van der Waals surface area contributed by atoms with Crippen molar-refractivity contribution in [2.24, 2.45) is 5.73 Å². The molecule has 74 valence electrons. The van der Waals surface area contributed by atoms with E-state index in [2.05, 4.69) is 0 Å². The third-order valence-corrected chi connectivity index (χ3v) is 2.53. The molecule has 0 radical (unpaired) electrons. The molecule has 1 heterocycles. The molecule has 0 aromatic carbocycles. The summed E-state index contributed by atoms with van der Waals surface area (Å²) in [5.74, 6) is -0.562. The zero-order valence-electron chi connectivity index (χ0n) is 7.78. The largest absolute Gasteiger partial charge is 0.465 e. The molecule has 5 heteroatoms. The third kappa shape index (κ3) is 1.59. The molecule has 0 aliphatic carbocycles. The van der Waals surface area contributed by atoms with Gasteiger partial charge in [-0.05, 0) is 26.7 Å². The molecule has 0 bridgehead atoms. The number of likely N-dealkylation sites (tertiary alicyclic amines) is 1. The highest BCUT2D eigenvalue weighted by Crippen LogP contribution is 2.33. The Morgan fingerprint density at radius 3 is 2.38 bits per heavy atom. The average molecular weight is 186 g/mol. The summed E-state index contributed by atoms with van der Waals surface area (Å²) >= 11 is 0. The first-order valence-corrected chi connectivity index (χ1v) is 4.18. The molecule has 1 atom stereocenters. The Hall–Kier alpha value is -1.26. The molecule has 2 amide bonds. The van der Waals surface area contributed by atoms with Gasteiger partial charge >= 0.3 is 6.09 Å². The number of amides is 2. The summed E-state index contributed by atoms with van der Waals surface area (Å²) in [6.07, 6.45) is 0.118. The number of carboxylic acid groups (broad SMARTS) is 1. The molecule has 13 heavy (non-hydrogen) atoms. The van der Waals surface area contributed by atoms with Crippen molar-refractivity contribution < 1.29 is 14.7 Å². The zero-order chi connectivity index (χ0) is 10.2. The average Bonchev–Trinajstić information content (AvgIpc) is 2.24. The van der Waals surface area contributed by atoms with Crippen LogP contribution in [0.25, 0.3) is 0 Å². The standard InChI is InChI=1S/C8H14N2O3/c1-8(2)4-3-5(6(9)11)10(8)7(12)13/h5H,3-4H2,1-2H3,(H2,9,11)(H,12,13)/t5-/m0/s1. The van der Waals surface area contributed by atoms with Crippen molar-refractivity contribution in [3.05, 3.63) is 0 Å². The summed E-state index contributed by atoms with van der Waals surface area (Å²) in [6, 6.07) is -0.660. The Labute approximate surface area is 76.5 Å². The minimum absolute atomic E-state index is 0.481. The second-order valence-corrected chi connectivity index (χ2v) is 3.92. The molecule has 1 saturated heterocycles. The highest BCUT2D eigenvalue weighted by atomic mass is 16.4. The number of nitrogens with zero attached hydrogens (tertiary/aromatic N) is 1. The molecule has 0 saturated carbocycles. The van der Waals surface area contributed by atoms with E-state index >= 15 is 0 Å². The van der Waals surface area contributed by atoms with Crippen molar-refractivity contribution in [3.63, 3.8) is 0 Å². The summed E-state index contributed by atoms with van der Waals surface area (Å²) in [5.41, 5.74) is 4.62. The van der Waals surface area contributed by atoms with Gasteiger partial charge in [0.25, 0.3) is 0 Å². The fourth-order valence-electron chi connectivity index (χ4n) is 1.82. The molecular weight excluding hydrogens is 172 g/mol. The Kier molecular flexibility index (Phi) is 2.19. The summed E-state index contributed by atoms with van der Waals surface area (Å²) in [6.45, 7) is 3.59. The van der Waals surface area contributed by atoms with Crippen molar-refractivity contribution in [2.75, 3.05) is 0 Å². The van der Waals surface area contributed by atoms with Crippen molar-refractivity contribution in [3.8, 4) is 0 Å². The van der Waals surface area contributed by atoms with Crippen LogP contribution in [0.2, 0.25) is 0 Å². The van der Waals surface area contributed by atoms with Gasteiger partial charge in [-0.25, -0.2) is 4.79 Å². The zero-order valence-corrected chi connectivity index (χ0v) is 7.78. The molecule has 5 nitrogen and oxygen atoms in total. The van der Waals surface area contributed by atoms with E-state index in [4.69, 9.17) is 10.8 Å². The normalized spacial score (nSPS) is 26.0. The van der Waals surface area contributed by atoms with Crippen LogP contribution in [-0.2, 0) is 4.79 Å². The summed E-state index contributed by atoms with van der Waals surface area (Å²) in [4.78, 5) is 22.9. The number of rotatable bonds is 1. The van der Waals surface area contributed by atoms with Gasteiger partial charge in [0.1, 0.15) is 6.04 Å². The van der Waals surface area contributed by atoms with Crippen LogP contribution in [0, 0.1) is 0 Å². The lowest BCUT2D eigenvalue weighted by Crippen LogP contribution is -2.50. The molecular formula is C8H14N2O3. The Balaban J connectivity index is 2.92. The topological polar surface area (TPSA) is 83.6 Å². The molecule has 1 aliphatic heterocycles. The molecule has 0 spiro atoms. The van der Waals surface area contributed by atoms with Gasteiger partial charge in [-0.3, -0.25) is 9.69 Å². The van der Waals surface area contributed by atoms with E-state index in [9.17, 15) is 9.59 Å². The third-order valence-electron chi connectivity index (χ3n) is 2.53. The van der Waals surface area contributed by atoms with Crippen LogP contribution in [0.5, 0.6) is 0 Å². The highest BCUT2D eigenvalue weighted by molar-refractivity contribution is 5.84. The molecule has 0 aromatic rings. The van der Waals surface area contributed by atoms with E-state index in [1.165, 1.54) is 0 Å². The predicted molar refractivity (Wildman–Crippen MR) is 46.2 cm³/mol. The van der Waals surface area contributed by atoms with Gasteiger partial charge in [0.05, 0.1) is 0 Å². The molecule has 0 aromatic heterocycles. The lowest BCUT2D eigenvalue weighted by Gasteiger charge is -2.31. The van der Waals surface area contributed by atoms with E-state index in [1.54, 1.807) is 13.8 Å². The fraction of sp³-hybridized carbons (Fsp3) is 0.750. The van der Waals surface area contributed by atoms with E-state index in [-0.39, 0.29) is 0 Å². The summed E-state index contributed by atoms with van der Waals surface area (Å²) in [7, 11) is 0. The van der Waals surface area contributed by atoms with Crippen molar-refractivity contribution >= 4 is 12.0 Å². The number of carbonyl (C=O) groups is 2. The Morgan fingerprint density at radius 2 is 2.08 bits per heavy atom. The van der Waals surface area contributed by atoms with Crippen LogP contribution in [0.3, 0.4) is 0 Å². The van der Waals surface area contributed by atoms with Crippen LogP contribution in [0.4, 0.5) is 4.79 Å². The lowest BCUT2D eigenvalue weighted by molar-refractivity contribution is -0.122. The molecule has 1 fully saturated rings. The van der Waals surface area contributed by atoms with Gasteiger partial charge in [-0.15, -0.1) is 0 Å². The van der Waals surface area contributed by atoms with Crippen LogP contribution in [0.15, 0.2) is 0 Å². The lowest BCUT2D eigenvalue weighted by atomic mass is 10.0. The number of hydrogen-bond acceptors (Lipinski definition) is 2. The number of nitrogens with two attached hydrogens (primary N) is 1. The maximum absolute atomic E-state index is 10.9. The number of carbonyl (C=O) groups excluding carboxylic acids is 1. The maximum Gasteiger partial charge on any atom is 0.408 e. The second-order valence-electron chi connectivity index (χ2n) is 3.92. The first-order chi connectivity index (χ1) is 5.86. The minimum Gasteiger partial charge on any atom is -0.465 e. The summed E-state index contributed by atoms with van der Waals surface area (Å²) < 4.78 is 0. The van der Waals surface area contributed by atoms with Crippen molar-refractivity contribution in [1.29, 1.82) is 0 Å². The molecule has 3 N–H and O–H groups in total. The van der Waals surface area contributed by atoms with Crippen molar-refractivity contribution in [1.82, 2.24) is 4.90 Å². The first kappa shape index (κ1) is 9.83. The van der Waals surface area contributed by atoms with Gasteiger partial charge in [0, 0.05) is 5.54 Å². The van der Waals surface area contributed by atoms with Crippen LogP contribution >= 0.6 is 0 Å². The van der Waals surface area contributed by atoms with Gasteiger partial charge in [0.15, 0.2) is 0 Å². The van der Waals surface area contributed by atoms with Crippen LogP contribution in [-0.4, -0.2) is 33.6 Å². The van der Waals surface area contributed by atoms with Gasteiger partial charge in [-0.1, -0.05) is 0 Å². The van der Waals surface area contributed by atoms with Crippen LogP contribution < -0.4 is 5.73 Å². The number of hydrogen-bond donors (Lipinski definition) is 2. The number of primary amides is 1. The SMILES string of the molecule is CC1(C)CC[C@@H](C(N)=O)N1C(=O)O. The fourth-order valence-corrected chi connectivity index (χ4v) is 1.82. The monoisotopic (exact) mass is 186 g/mol. The van der Waals surface area contributed by atoms with Crippen molar-refractivity contribution in [2.45, 2.75) is 38.3 Å². The predicted octanol–water partition coefficient (Wildman–Crippen LogP) is 0.393. The van der Waals surface area contributed by atoms with Gasteiger partial charge in [0.2, 0.25) is 5.91 Å².